The lowest BCUT2D eigenvalue weighted by atomic mass is 10.2. The van der Waals surface area contributed by atoms with E-state index in [-0.39, 0.29) is 5.41 Å². The van der Waals surface area contributed by atoms with Gasteiger partial charge in [0.15, 0.2) is 0 Å². The molecule has 1 aromatic rings. The minimum absolute atomic E-state index is 0.181. The molecule has 1 aliphatic rings. The van der Waals surface area contributed by atoms with Crippen molar-refractivity contribution in [1.82, 2.24) is 0 Å². The lowest BCUT2D eigenvalue weighted by Crippen LogP contribution is -2.04. The number of hydrogen-bond acceptors (Lipinski definition) is 2. The molecule has 1 saturated carbocycles. The Labute approximate surface area is 83.2 Å². The number of rotatable bonds is 3. The van der Waals surface area contributed by atoms with Crippen LogP contribution < -0.4 is 0 Å². The van der Waals surface area contributed by atoms with Crippen LogP contribution in [-0.2, 0) is 0 Å². The summed E-state index contributed by atoms with van der Waals surface area (Å²) in [5.41, 5.74) is 0.181. The molecular weight excluding hydrogens is 180 g/mol. The third-order valence-corrected chi connectivity index (χ3v) is 4.22. The Kier molecular flexibility index (Phi) is 2.35. The fourth-order valence-electron chi connectivity index (χ4n) is 1.38. The summed E-state index contributed by atoms with van der Waals surface area (Å²) in [4.78, 5) is 1.31. The van der Waals surface area contributed by atoms with Gasteiger partial charge in [0.05, 0.1) is 0 Å². The first-order valence-corrected chi connectivity index (χ1v) is 5.45. The van der Waals surface area contributed by atoms with Gasteiger partial charge in [0.25, 0.3) is 0 Å². The van der Waals surface area contributed by atoms with Crippen LogP contribution in [0.3, 0.4) is 0 Å². The fourth-order valence-corrected chi connectivity index (χ4v) is 2.84. The van der Waals surface area contributed by atoms with Gasteiger partial charge in [-0.25, -0.2) is 0 Å². The largest absolute Gasteiger partial charge is 0.396 e. The van der Waals surface area contributed by atoms with Crippen LogP contribution in [0.25, 0.3) is 0 Å². The molecule has 13 heavy (non-hydrogen) atoms. The third kappa shape index (κ3) is 1.89. The van der Waals surface area contributed by atoms with Crippen molar-refractivity contribution in [3.05, 3.63) is 30.3 Å². The molecule has 0 aliphatic heterocycles. The average molecular weight is 194 g/mol. The molecule has 0 radical (unpaired) electrons. The van der Waals surface area contributed by atoms with Crippen LogP contribution in [0.1, 0.15) is 13.3 Å². The second kappa shape index (κ2) is 3.35. The van der Waals surface area contributed by atoms with Crippen LogP contribution in [0, 0.1) is 5.41 Å². The number of benzene rings is 1. The van der Waals surface area contributed by atoms with E-state index < -0.39 is 0 Å². The Morgan fingerprint density at radius 3 is 2.69 bits per heavy atom. The summed E-state index contributed by atoms with van der Waals surface area (Å²) in [6, 6.07) is 10.4. The molecule has 0 bridgehead atoms. The molecule has 0 spiro atoms. The Balaban J connectivity index is 1.95. The summed E-state index contributed by atoms with van der Waals surface area (Å²) in [6.45, 7) is 2.46. The van der Waals surface area contributed by atoms with Crippen LogP contribution in [-0.4, -0.2) is 17.0 Å². The van der Waals surface area contributed by atoms with Crippen molar-refractivity contribution in [2.24, 2.45) is 5.41 Å². The molecule has 70 valence electrons. The second-order valence-corrected chi connectivity index (χ2v) is 5.21. The molecule has 0 saturated heterocycles. The number of thioether (sulfide) groups is 1. The van der Waals surface area contributed by atoms with Crippen LogP contribution in [0.15, 0.2) is 35.2 Å². The lowest BCUT2D eigenvalue weighted by molar-refractivity contribution is 0.226. The van der Waals surface area contributed by atoms with Crippen molar-refractivity contribution in [3.8, 4) is 0 Å². The SMILES string of the molecule is C[C@@]1(CO)C[C@@H]1Sc1ccccc1. The third-order valence-electron chi connectivity index (χ3n) is 2.65. The molecule has 2 heteroatoms. The van der Waals surface area contributed by atoms with Gasteiger partial charge in [-0.3, -0.25) is 0 Å². The normalized spacial score (nSPS) is 31.7. The maximum atomic E-state index is 9.10. The molecule has 0 heterocycles. The van der Waals surface area contributed by atoms with Gasteiger partial charge in [0, 0.05) is 22.2 Å². The van der Waals surface area contributed by atoms with Crippen molar-refractivity contribution in [2.75, 3.05) is 6.61 Å². The topological polar surface area (TPSA) is 20.2 Å². The van der Waals surface area contributed by atoms with Crippen LogP contribution in [0.2, 0.25) is 0 Å². The summed E-state index contributed by atoms with van der Waals surface area (Å²) in [5.74, 6) is 0. The van der Waals surface area contributed by atoms with Gasteiger partial charge in [-0.2, -0.15) is 0 Å². The zero-order valence-corrected chi connectivity index (χ0v) is 8.55. The maximum absolute atomic E-state index is 9.10. The quantitative estimate of drug-likeness (QED) is 0.798. The molecule has 1 fully saturated rings. The van der Waals surface area contributed by atoms with E-state index in [1.807, 2.05) is 17.8 Å². The highest BCUT2D eigenvalue weighted by molar-refractivity contribution is 8.00. The molecule has 1 N–H and O–H groups in total. The number of aliphatic hydroxyl groups excluding tert-OH is 1. The molecule has 0 aromatic heterocycles. The van der Waals surface area contributed by atoms with Crippen molar-refractivity contribution < 1.29 is 5.11 Å². The van der Waals surface area contributed by atoms with Crippen LogP contribution in [0.4, 0.5) is 0 Å². The highest BCUT2D eigenvalue weighted by Crippen LogP contribution is 2.55. The van der Waals surface area contributed by atoms with Crippen molar-refractivity contribution in [3.63, 3.8) is 0 Å². The van der Waals surface area contributed by atoms with Gasteiger partial charge < -0.3 is 5.11 Å². The summed E-state index contributed by atoms with van der Waals surface area (Å²) in [6.07, 6.45) is 1.14. The minimum atomic E-state index is 0.181. The van der Waals surface area contributed by atoms with E-state index in [2.05, 4.69) is 31.2 Å². The molecule has 2 rings (SSSR count). The summed E-state index contributed by atoms with van der Waals surface area (Å²) in [5, 5.41) is 9.71. The Bertz CT molecular complexity index is 285. The highest BCUT2D eigenvalue weighted by Gasteiger charge is 2.49. The van der Waals surface area contributed by atoms with E-state index in [9.17, 15) is 0 Å². The Hall–Kier alpha value is -0.470. The average Bonchev–Trinajstić information content (AvgIpc) is 2.80. The number of aliphatic hydroxyl groups is 1. The van der Waals surface area contributed by atoms with Crippen molar-refractivity contribution >= 4 is 11.8 Å². The van der Waals surface area contributed by atoms with Crippen molar-refractivity contribution in [2.45, 2.75) is 23.5 Å². The van der Waals surface area contributed by atoms with Gasteiger partial charge in [0.1, 0.15) is 0 Å². The van der Waals surface area contributed by atoms with E-state index >= 15 is 0 Å². The molecule has 1 aliphatic carbocycles. The standard InChI is InChI=1S/C11H14OS/c1-11(8-12)7-10(11)13-9-5-3-2-4-6-9/h2-6,10,12H,7-8H2,1H3/t10-,11-/m0/s1. The summed E-state index contributed by atoms with van der Waals surface area (Å²) >= 11 is 1.88. The van der Waals surface area contributed by atoms with E-state index in [0.717, 1.165) is 6.42 Å². The molecule has 0 amide bonds. The Morgan fingerprint density at radius 1 is 1.46 bits per heavy atom. The molecule has 1 aromatic carbocycles. The van der Waals surface area contributed by atoms with Gasteiger partial charge in [-0.05, 0) is 18.6 Å². The van der Waals surface area contributed by atoms with Gasteiger partial charge >= 0.3 is 0 Å². The monoisotopic (exact) mass is 194 g/mol. The van der Waals surface area contributed by atoms with Crippen LogP contribution >= 0.6 is 11.8 Å². The number of hydrogen-bond donors (Lipinski definition) is 1. The Morgan fingerprint density at radius 2 is 2.15 bits per heavy atom. The minimum Gasteiger partial charge on any atom is -0.396 e. The van der Waals surface area contributed by atoms with Gasteiger partial charge in [-0.15, -0.1) is 11.8 Å². The fraction of sp³-hybridized carbons (Fsp3) is 0.455. The molecule has 0 unspecified atom stereocenters. The van der Waals surface area contributed by atoms with Crippen LogP contribution in [0.5, 0.6) is 0 Å². The van der Waals surface area contributed by atoms with Crippen molar-refractivity contribution in [1.29, 1.82) is 0 Å². The highest BCUT2D eigenvalue weighted by atomic mass is 32.2. The van der Waals surface area contributed by atoms with E-state index in [4.69, 9.17) is 5.11 Å². The summed E-state index contributed by atoms with van der Waals surface area (Å²) < 4.78 is 0. The first-order valence-electron chi connectivity index (χ1n) is 4.57. The lowest BCUT2D eigenvalue weighted by Gasteiger charge is -2.05. The summed E-state index contributed by atoms with van der Waals surface area (Å²) in [7, 11) is 0. The predicted molar refractivity (Wildman–Crippen MR) is 55.9 cm³/mol. The van der Waals surface area contributed by atoms with E-state index in [1.165, 1.54) is 4.90 Å². The first-order chi connectivity index (χ1) is 6.24. The zero-order valence-electron chi connectivity index (χ0n) is 7.73. The predicted octanol–water partition coefficient (Wildman–Crippen LogP) is 2.55. The zero-order chi connectivity index (χ0) is 9.31. The van der Waals surface area contributed by atoms with Gasteiger partial charge in [0.2, 0.25) is 0 Å². The second-order valence-electron chi connectivity index (χ2n) is 3.94. The van der Waals surface area contributed by atoms with Gasteiger partial charge in [-0.1, -0.05) is 25.1 Å². The smallest absolute Gasteiger partial charge is 0.0495 e. The molecule has 1 nitrogen and oxygen atoms in total. The molecular formula is C11H14OS. The maximum Gasteiger partial charge on any atom is 0.0495 e. The van der Waals surface area contributed by atoms with E-state index in [1.54, 1.807) is 0 Å². The molecule has 2 atom stereocenters. The first kappa shape index (κ1) is 9.10. The van der Waals surface area contributed by atoms with E-state index in [0.29, 0.717) is 11.9 Å².